The number of aliphatic hydroxyl groups excluding tert-OH is 1. The molecule has 5 rings (SSSR count). The lowest BCUT2D eigenvalue weighted by atomic mass is 10.2. The van der Waals surface area contributed by atoms with Crippen LogP contribution in [0.15, 0.2) is 24.4 Å². The van der Waals surface area contributed by atoms with E-state index in [1.54, 1.807) is 13.1 Å². The molecule has 0 spiro atoms. The molecule has 9 nitrogen and oxygen atoms in total. The lowest BCUT2D eigenvalue weighted by Crippen LogP contribution is -2.43. The summed E-state index contributed by atoms with van der Waals surface area (Å²) in [5, 5.41) is 17.6. The summed E-state index contributed by atoms with van der Waals surface area (Å²) in [6.07, 6.45) is 3.43. The Morgan fingerprint density at radius 1 is 1.03 bits per heavy atom. The molecule has 5 heterocycles. The van der Waals surface area contributed by atoms with E-state index in [0.717, 1.165) is 80.3 Å². The number of hydrogen-bond acceptors (Lipinski definition) is 9. The molecule has 0 radical (unpaired) electrons. The SMILES string of the molecule is Cc1nc(Nc2ncc3cc([C@@H](C)O)nc(N4CCCC4)c3n2)ccc1N1CCNCC1. The zero-order valence-corrected chi connectivity index (χ0v) is 18.7. The third-order valence-corrected chi connectivity index (χ3v) is 6.16. The van der Waals surface area contributed by atoms with Crippen LogP contribution in [0.3, 0.4) is 0 Å². The number of nitrogens with one attached hydrogen (secondary N) is 2. The Balaban J connectivity index is 1.45. The van der Waals surface area contributed by atoms with Gasteiger partial charge in [0.15, 0.2) is 5.82 Å². The van der Waals surface area contributed by atoms with E-state index < -0.39 is 6.10 Å². The fourth-order valence-corrected chi connectivity index (χ4v) is 4.44. The highest BCUT2D eigenvalue weighted by Gasteiger charge is 2.20. The van der Waals surface area contributed by atoms with Gasteiger partial charge in [0, 0.05) is 50.9 Å². The summed E-state index contributed by atoms with van der Waals surface area (Å²) in [6.45, 7) is 9.64. The monoisotopic (exact) mass is 434 g/mol. The number of anilines is 4. The Bertz CT molecular complexity index is 1110. The summed E-state index contributed by atoms with van der Waals surface area (Å²) in [5.74, 6) is 2.03. The molecular weight excluding hydrogens is 404 g/mol. The molecule has 0 unspecified atom stereocenters. The number of pyridine rings is 2. The quantitative estimate of drug-likeness (QED) is 0.559. The van der Waals surface area contributed by atoms with Gasteiger partial charge < -0.3 is 25.5 Å². The Kier molecular flexibility index (Phi) is 5.75. The van der Waals surface area contributed by atoms with Crippen LogP contribution in [0.5, 0.6) is 0 Å². The number of fused-ring (bicyclic) bond motifs is 1. The van der Waals surface area contributed by atoms with Crippen molar-refractivity contribution in [2.75, 3.05) is 54.4 Å². The maximum atomic E-state index is 10.1. The first-order valence-electron chi connectivity index (χ1n) is 11.4. The largest absolute Gasteiger partial charge is 0.387 e. The number of rotatable bonds is 5. The summed E-state index contributed by atoms with van der Waals surface area (Å²) < 4.78 is 0. The van der Waals surface area contributed by atoms with Crippen molar-refractivity contribution in [3.05, 3.63) is 35.8 Å². The number of hydrogen-bond donors (Lipinski definition) is 3. The van der Waals surface area contributed by atoms with Crippen LogP contribution in [0.2, 0.25) is 0 Å². The highest BCUT2D eigenvalue weighted by Crippen LogP contribution is 2.30. The first-order chi connectivity index (χ1) is 15.6. The molecule has 9 heteroatoms. The highest BCUT2D eigenvalue weighted by molar-refractivity contribution is 5.89. The van der Waals surface area contributed by atoms with Crippen molar-refractivity contribution >= 4 is 34.2 Å². The topological polar surface area (TPSA) is 102 Å². The van der Waals surface area contributed by atoms with Gasteiger partial charge in [0.05, 0.1) is 23.2 Å². The summed E-state index contributed by atoms with van der Waals surface area (Å²) in [7, 11) is 0. The van der Waals surface area contributed by atoms with Crippen molar-refractivity contribution in [1.82, 2.24) is 25.3 Å². The summed E-state index contributed by atoms with van der Waals surface area (Å²) in [6, 6.07) is 5.96. The number of nitrogens with zero attached hydrogens (tertiary/aromatic N) is 6. The van der Waals surface area contributed by atoms with Crippen molar-refractivity contribution in [2.45, 2.75) is 32.8 Å². The van der Waals surface area contributed by atoms with Crippen LogP contribution in [-0.4, -0.2) is 64.3 Å². The minimum Gasteiger partial charge on any atom is -0.387 e. The highest BCUT2D eigenvalue weighted by atomic mass is 16.3. The van der Waals surface area contributed by atoms with Crippen LogP contribution in [0, 0.1) is 6.92 Å². The van der Waals surface area contributed by atoms with Crippen molar-refractivity contribution in [3.8, 4) is 0 Å². The first-order valence-corrected chi connectivity index (χ1v) is 11.4. The van der Waals surface area contributed by atoms with Crippen LogP contribution >= 0.6 is 0 Å². The number of aryl methyl sites for hydroxylation is 1. The van der Waals surface area contributed by atoms with Crippen molar-refractivity contribution in [3.63, 3.8) is 0 Å². The van der Waals surface area contributed by atoms with Crippen LogP contribution in [0.1, 0.15) is 37.3 Å². The third kappa shape index (κ3) is 4.18. The van der Waals surface area contributed by atoms with Gasteiger partial charge in [-0.3, -0.25) is 0 Å². The average Bonchev–Trinajstić information content (AvgIpc) is 3.34. The van der Waals surface area contributed by atoms with Crippen LogP contribution in [-0.2, 0) is 0 Å². The average molecular weight is 435 g/mol. The van der Waals surface area contributed by atoms with Gasteiger partial charge in [0.1, 0.15) is 11.3 Å². The minimum absolute atomic E-state index is 0.492. The molecule has 3 aromatic rings. The molecule has 2 fully saturated rings. The van der Waals surface area contributed by atoms with E-state index in [1.165, 1.54) is 5.69 Å². The fraction of sp³-hybridized carbons (Fsp3) is 0.478. The van der Waals surface area contributed by atoms with Gasteiger partial charge in [-0.2, -0.15) is 0 Å². The first kappa shape index (κ1) is 20.8. The molecule has 32 heavy (non-hydrogen) atoms. The maximum Gasteiger partial charge on any atom is 0.229 e. The van der Waals surface area contributed by atoms with E-state index in [2.05, 4.69) is 31.5 Å². The van der Waals surface area contributed by atoms with Gasteiger partial charge in [-0.05, 0) is 44.9 Å². The second-order valence-electron chi connectivity index (χ2n) is 8.54. The van der Waals surface area contributed by atoms with E-state index in [1.807, 2.05) is 19.1 Å². The van der Waals surface area contributed by atoms with E-state index in [0.29, 0.717) is 11.6 Å². The standard InChI is InChI=1S/C23H30N8O/c1-15-19(30-11-7-24-8-12-30)5-6-20(26-15)28-23-25-14-17-13-18(16(2)32)27-22(21(17)29-23)31-9-3-4-10-31/h5-6,13-14,16,24,32H,3-4,7-12H2,1-2H3,(H,25,26,28,29)/t16-/m1/s1. The molecule has 3 aromatic heterocycles. The van der Waals surface area contributed by atoms with Gasteiger partial charge >= 0.3 is 0 Å². The molecule has 0 amide bonds. The van der Waals surface area contributed by atoms with Crippen molar-refractivity contribution in [2.24, 2.45) is 0 Å². The zero-order valence-electron chi connectivity index (χ0n) is 18.7. The van der Waals surface area contributed by atoms with Gasteiger partial charge in [-0.1, -0.05) is 0 Å². The van der Waals surface area contributed by atoms with Gasteiger partial charge in [-0.25, -0.2) is 19.9 Å². The molecule has 168 valence electrons. The number of aromatic nitrogens is 4. The second kappa shape index (κ2) is 8.84. The fourth-order valence-electron chi connectivity index (χ4n) is 4.44. The predicted molar refractivity (Wildman–Crippen MR) is 127 cm³/mol. The molecule has 0 saturated carbocycles. The molecule has 0 aliphatic carbocycles. The van der Waals surface area contributed by atoms with Gasteiger partial charge in [0.25, 0.3) is 0 Å². The van der Waals surface area contributed by atoms with Crippen LogP contribution in [0.25, 0.3) is 10.9 Å². The molecule has 2 saturated heterocycles. The van der Waals surface area contributed by atoms with E-state index in [4.69, 9.17) is 15.0 Å². The zero-order chi connectivity index (χ0) is 22.1. The summed E-state index contributed by atoms with van der Waals surface area (Å²) in [4.78, 5) is 23.4. The molecule has 2 aliphatic rings. The molecular formula is C23H30N8O. The van der Waals surface area contributed by atoms with E-state index in [9.17, 15) is 5.11 Å². The van der Waals surface area contributed by atoms with Crippen molar-refractivity contribution < 1.29 is 5.11 Å². The molecule has 2 aliphatic heterocycles. The van der Waals surface area contributed by atoms with Crippen LogP contribution < -0.4 is 20.4 Å². The summed E-state index contributed by atoms with van der Waals surface area (Å²) >= 11 is 0. The Morgan fingerprint density at radius 2 is 1.81 bits per heavy atom. The Morgan fingerprint density at radius 3 is 2.53 bits per heavy atom. The Hall–Kier alpha value is -3.04. The van der Waals surface area contributed by atoms with Crippen LogP contribution in [0.4, 0.5) is 23.3 Å². The van der Waals surface area contributed by atoms with Gasteiger partial charge in [0.2, 0.25) is 5.95 Å². The second-order valence-corrected chi connectivity index (χ2v) is 8.54. The Labute approximate surface area is 187 Å². The predicted octanol–water partition coefficient (Wildman–Crippen LogP) is 2.53. The smallest absolute Gasteiger partial charge is 0.229 e. The van der Waals surface area contributed by atoms with Gasteiger partial charge in [-0.15, -0.1) is 0 Å². The maximum absolute atomic E-state index is 10.1. The third-order valence-electron chi connectivity index (χ3n) is 6.16. The summed E-state index contributed by atoms with van der Waals surface area (Å²) in [5.41, 5.74) is 3.59. The normalized spacial score (nSPS) is 17.7. The lowest BCUT2D eigenvalue weighted by Gasteiger charge is -2.30. The molecule has 0 aromatic carbocycles. The number of aliphatic hydroxyl groups is 1. The number of piperazine rings is 1. The molecule has 1 atom stereocenters. The minimum atomic E-state index is -0.639. The van der Waals surface area contributed by atoms with Crippen molar-refractivity contribution in [1.29, 1.82) is 0 Å². The van der Waals surface area contributed by atoms with E-state index >= 15 is 0 Å². The molecule has 0 bridgehead atoms. The van der Waals surface area contributed by atoms with E-state index in [-0.39, 0.29) is 0 Å². The molecule has 3 N–H and O–H groups in total. The lowest BCUT2D eigenvalue weighted by molar-refractivity contribution is 0.194.